The van der Waals surface area contributed by atoms with E-state index in [0.717, 1.165) is 0 Å². The van der Waals surface area contributed by atoms with Crippen molar-refractivity contribution in [1.29, 1.82) is 0 Å². The number of nitrogens with zero attached hydrogens (tertiary/aromatic N) is 2. The van der Waals surface area contributed by atoms with Gasteiger partial charge < -0.3 is 4.74 Å². The van der Waals surface area contributed by atoms with Crippen molar-refractivity contribution < 1.29 is 17.9 Å². The number of carbonyl (C=O) groups excluding carboxylic acids is 1. The third kappa shape index (κ3) is 3.72. The quantitative estimate of drug-likeness (QED) is 0.388. The molecule has 0 fully saturated rings. The lowest BCUT2D eigenvalue weighted by Gasteiger charge is -2.21. The number of methoxy groups -OCH3 is 1. The van der Waals surface area contributed by atoms with Crippen LogP contribution in [-0.4, -0.2) is 27.1 Å². The van der Waals surface area contributed by atoms with Crippen molar-refractivity contribution in [3.05, 3.63) is 66.2 Å². The summed E-state index contributed by atoms with van der Waals surface area (Å²) in [5.74, 6) is 5.01. The minimum atomic E-state index is -4.06. The molecule has 9 nitrogen and oxygen atoms in total. The van der Waals surface area contributed by atoms with Gasteiger partial charge in [-0.3, -0.25) is 10.2 Å². The predicted molar refractivity (Wildman–Crippen MR) is 97.7 cm³/mol. The maximum atomic E-state index is 12.7. The van der Waals surface area contributed by atoms with Gasteiger partial charge in [0.05, 0.1) is 17.7 Å². The van der Waals surface area contributed by atoms with Crippen LogP contribution in [0.3, 0.4) is 0 Å². The lowest BCUT2D eigenvalue weighted by molar-refractivity contribution is -0.125. The van der Waals surface area contributed by atoms with Gasteiger partial charge in [-0.25, -0.2) is 14.3 Å². The summed E-state index contributed by atoms with van der Waals surface area (Å²) in [6.45, 7) is 0. The van der Waals surface area contributed by atoms with Crippen LogP contribution in [0.1, 0.15) is 5.56 Å². The average Bonchev–Trinajstić information content (AvgIpc) is 3.12. The predicted octanol–water partition coefficient (Wildman–Crippen LogP) is 1.17. The summed E-state index contributed by atoms with van der Waals surface area (Å²) in [7, 11) is -2.52. The lowest BCUT2D eigenvalue weighted by atomic mass is 10.1. The minimum absolute atomic E-state index is 0.0179. The third-order valence-corrected chi connectivity index (χ3v) is 5.34. The zero-order valence-electron chi connectivity index (χ0n) is 14.3. The van der Waals surface area contributed by atoms with Crippen LogP contribution in [0.2, 0.25) is 0 Å². The molecule has 2 aromatic carbocycles. The van der Waals surface area contributed by atoms with Gasteiger partial charge in [-0.2, -0.15) is 9.84 Å². The molecule has 27 heavy (non-hydrogen) atoms. The number of rotatable bonds is 6. The van der Waals surface area contributed by atoms with Crippen LogP contribution in [0.15, 0.2) is 75.8 Å². The van der Waals surface area contributed by atoms with Crippen LogP contribution in [0.25, 0.3) is 5.70 Å². The minimum Gasteiger partial charge on any atom is -0.497 e. The number of amides is 1. The Bertz CT molecular complexity index is 1000. The maximum absolute atomic E-state index is 12.7. The number of benzene rings is 2. The monoisotopic (exact) mass is 387 g/mol. The Kier molecular flexibility index (Phi) is 5.04. The average molecular weight is 387 g/mol. The molecular weight excluding hydrogens is 370 g/mol. The molecule has 140 valence electrons. The first-order chi connectivity index (χ1) is 12.9. The molecule has 0 aromatic heterocycles. The number of ether oxygens (including phenoxy) is 1. The Labute approximate surface area is 156 Å². The number of hydrogen-bond acceptors (Lipinski definition) is 7. The molecule has 0 radical (unpaired) electrons. The van der Waals surface area contributed by atoms with Gasteiger partial charge in [-0.05, 0) is 42.5 Å². The maximum Gasteiger partial charge on any atom is 0.283 e. The zero-order chi connectivity index (χ0) is 19.5. The molecule has 2 aromatic rings. The standard InChI is InChI=1S/C17H17N5O4S/c1-26-13-9-7-12(8-10-13)15-11-17(21-20-15,16(23)19-18)22-27(24,25)14-5-3-2-4-6-14/h2-11,22H,18H2,1H3,(H,19,23). The van der Waals surface area contributed by atoms with E-state index in [1.807, 2.05) is 5.43 Å². The van der Waals surface area contributed by atoms with Crippen molar-refractivity contribution in [2.45, 2.75) is 10.6 Å². The van der Waals surface area contributed by atoms with Crippen LogP contribution in [-0.2, 0) is 14.8 Å². The molecule has 1 aliphatic rings. The number of sulfonamides is 1. The highest BCUT2D eigenvalue weighted by atomic mass is 32.2. The summed E-state index contributed by atoms with van der Waals surface area (Å²) >= 11 is 0. The third-order valence-electron chi connectivity index (χ3n) is 3.87. The Morgan fingerprint density at radius 3 is 2.37 bits per heavy atom. The van der Waals surface area contributed by atoms with E-state index in [1.165, 1.54) is 18.2 Å². The Morgan fingerprint density at radius 1 is 1.11 bits per heavy atom. The van der Waals surface area contributed by atoms with Crippen molar-refractivity contribution in [1.82, 2.24) is 10.1 Å². The number of azo groups is 1. The molecule has 1 atom stereocenters. The molecule has 0 saturated carbocycles. The van der Waals surface area contributed by atoms with Crippen molar-refractivity contribution in [2.75, 3.05) is 7.11 Å². The van der Waals surface area contributed by atoms with Gasteiger partial charge in [0.2, 0.25) is 15.7 Å². The second-order valence-electron chi connectivity index (χ2n) is 5.62. The van der Waals surface area contributed by atoms with Crippen molar-refractivity contribution in [3.63, 3.8) is 0 Å². The molecule has 1 amide bonds. The number of nitrogens with one attached hydrogen (secondary N) is 2. The smallest absolute Gasteiger partial charge is 0.283 e. The number of nitrogens with two attached hydrogens (primary N) is 1. The highest BCUT2D eigenvalue weighted by Gasteiger charge is 2.44. The van der Waals surface area contributed by atoms with Gasteiger partial charge >= 0.3 is 0 Å². The molecule has 0 aliphatic carbocycles. The molecule has 3 rings (SSSR count). The van der Waals surface area contributed by atoms with Gasteiger partial charge in [0.25, 0.3) is 5.91 Å². The van der Waals surface area contributed by atoms with Crippen LogP contribution in [0.5, 0.6) is 5.75 Å². The first-order valence-electron chi connectivity index (χ1n) is 7.80. The molecule has 1 unspecified atom stereocenters. The molecule has 10 heteroatoms. The zero-order valence-corrected chi connectivity index (χ0v) is 15.1. The number of carbonyl (C=O) groups is 1. The Balaban J connectivity index is 1.98. The highest BCUT2D eigenvalue weighted by molar-refractivity contribution is 7.89. The summed E-state index contributed by atoms with van der Waals surface area (Å²) in [6.07, 6.45) is 1.30. The molecule has 1 heterocycles. The largest absolute Gasteiger partial charge is 0.497 e. The fraction of sp³-hybridized carbons (Fsp3) is 0.118. The highest BCUT2D eigenvalue weighted by Crippen LogP contribution is 2.31. The molecule has 1 aliphatic heterocycles. The van der Waals surface area contributed by atoms with Crippen LogP contribution in [0.4, 0.5) is 0 Å². The van der Waals surface area contributed by atoms with E-state index >= 15 is 0 Å². The first-order valence-corrected chi connectivity index (χ1v) is 9.29. The fourth-order valence-electron chi connectivity index (χ4n) is 2.47. The van der Waals surface area contributed by atoms with Gasteiger partial charge in [0.15, 0.2) is 0 Å². The Hall–Kier alpha value is -3.08. The van der Waals surface area contributed by atoms with Gasteiger partial charge in [0, 0.05) is 5.56 Å². The van der Waals surface area contributed by atoms with E-state index in [1.54, 1.807) is 49.6 Å². The molecular formula is C17H17N5O4S. The molecule has 0 spiro atoms. The summed E-state index contributed by atoms with van der Waals surface area (Å²) in [5, 5.41) is 7.83. The summed E-state index contributed by atoms with van der Waals surface area (Å²) < 4.78 is 32.7. The van der Waals surface area contributed by atoms with Gasteiger partial charge in [-0.15, -0.1) is 5.11 Å². The second-order valence-corrected chi connectivity index (χ2v) is 7.30. The SMILES string of the molecule is COc1ccc(C2=CC(NS(=O)(=O)c3ccccc3)(C(=O)NN)N=N2)cc1. The summed E-state index contributed by atoms with van der Waals surface area (Å²) in [6, 6.07) is 14.5. The van der Waals surface area contributed by atoms with E-state index in [0.29, 0.717) is 17.0 Å². The van der Waals surface area contributed by atoms with Gasteiger partial charge in [0.1, 0.15) is 5.75 Å². The van der Waals surface area contributed by atoms with Crippen molar-refractivity contribution >= 4 is 21.6 Å². The van der Waals surface area contributed by atoms with E-state index < -0.39 is 21.6 Å². The Morgan fingerprint density at radius 2 is 1.78 bits per heavy atom. The molecule has 4 N–H and O–H groups in total. The van der Waals surface area contributed by atoms with Crippen LogP contribution in [0, 0.1) is 0 Å². The number of hydrazine groups is 1. The van der Waals surface area contributed by atoms with Crippen molar-refractivity contribution in [2.24, 2.45) is 16.1 Å². The fourth-order valence-corrected chi connectivity index (χ4v) is 3.71. The van der Waals surface area contributed by atoms with Crippen molar-refractivity contribution in [3.8, 4) is 5.75 Å². The normalized spacial score (nSPS) is 18.8. The van der Waals surface area contributed by atoms with E-state index in [9.17, 15) is 13.2 Å². The summed E-state index contributed by atoms with van der Waals surface area (Å²) in [5.41, 5.74) is 0.887. The lowest BCUT2D eigenvalue weighted by Crippen LogP contribution is -2.57. The molecule has 0 bridgehead atoms. The summed E-state index contributed by atoms with van der Waals surface area (Å²) in [4.78, 5) is 12.3. The second kappa shape index (κ2) is 7.27. The van der Waals surface area contributed by atoms with E-state index in [2.05, 4.69) is 15.0 Å². The number of hydrogen-bond donors (Lipinski definition) is 3. The van der Waals surface area contributed by atoms with Crippen LogP contribution < -0.4 is 20.7 Å². The first kappa shape index (κ1) is 18.7. The molecule has 0 saturated heterocycles. The van der Waals surface area contributed by atoms with Gasteiger partial charge in [-0.1, -0.05) is 18.2 Å². The van der Waals surface area contributed by atoms with E-state index in [-0.39, 0.29) is 4.90 Å². The topological polar surface area (TPSA) is 135 Å². The van der Waals surface area contributed by atoms with E-state index in [4.69, 9.17) is 10.6 Å². The van der Waals surface area contributed by atoms with Crippen LogP contribution >= 0.6 is 0 Å².